The Morgan fingerprint density at radius 1 is 1.14 bits per heavy atom. The monoisotopic (exact) mass is 301 g/mol. The Hall–Kier alpha value is -2.43. The maximum Gasteiger partial charge on any atom is 0.231 e. The predicted molar refractivity (Wildman–Crippen MR) is 80.6 cm³/mol. The quantitative estimate of drug-likeness (QED) is 0.850. The van der Waals surface area contributed by atoms with Gasteiger partial charge in [0.1, 0.15) is 11.5 Å². The van der Waals surface area contributed by atoms with E-state index >= 15 is 0 Å². The topological polar surface area (TPSA) is 51.9 Å². The van der Waals surface area contributed by atoms with Crippen LogP contribution in [0.2, 0.25) is 0 Å². The van der Waals surface area contributed by atoms with Crippen molar-refractivity contribution in [2.75, 3.05) is 6.79 Å². The molecule has 5 nitrogen and oxygen atoms in total. The van der Waals surface area contributed by atoms with Crippen LogP contribution in [-0.4, -0.2) is 17.6 Å². The van der Waals surface area contributed by atoms with E-state index in [0.29, 0.717) is 19.5 Å². The number of hydrogen-bond acceptors (Lipinski definition) is 4. The number of carbonyl (C=O) groups is 1. The van der Waals surface area contributed by atoms with E-state index in [-0.39, 0.29) is 12.7 Å². The highest BCUT2D eigenvalue weighted by Crippen LogP contribution is 2.33. The number of ether oxygens (including phenoxy) is 2. The summed E-state index contributed by atoms with van der Waals surface area (Å²) in [6, 6.07) is 9.57. The van der Waals surface area contributed by atoms with Crippen molar-refractivity contribution in [1.82, 2.24) is 4.90 Å². The molecule has 3 rings (SSSR count). The Kier molecular flexibility index (Phi) is 4.04. The fraction of sp³-hybridized carbons (Fsp3) is 0.353. The van der Waals surface area contributed by atoms with E-state index in [4.69, 9.17) is 13.9 Å². The van der Waals surface area contributed by atoms with Gasteiger partial charge < -0.3 is 18.8 Å². The molecule has 1 aliphatic rings. The molecule has 2 heterocycles. The highest BCUT2D eigenvalue weighted by Gasteiger charge is 2.18. The Labute approximate surface area is 129 Å². The van der Waals surface area contributed by atoms with E-state index in [2.05, 4.69) is 0 Å². The molecule has 0 atom stereocenters. The van der Waals surface area contributed by atoms with Gasteiger partial charge in [0.15, 0.2) is 11.5 Å². The normalized spacial score (nSPS) is 12.5. The van der Waals surface area contributed by atoms with Crippen molar-refractivity contribution in [2.24, 2.45) is 0 Å². The minimum Gasteiger partial charge on any atom is -0.464 e. The van der Waals surface area contributed by atoms with Crippen LogP contribution in [-0.2, 0) is 17.9 Å². The van der Waals surface area contributed by atoms with E-state index in [0.717, 1.165) is 28.6 Å². The van der Waals surface area contributed by atoms with Crippen molar-refractivity contribution < 1.29 is 18.7 Å². The minimum absolute atomic E-state index is 0.0896. The molecule has 0 aliphatic carbocycles. The lowest BCUT2D eigenvalue weighted by Crippen LogP contribution is -2.29. The summed E-state index contributed by atoms with van der Waals surface area (Å²) < 4.78 is 16.3. The first-order valence-corrected chi connectivity index (χ1v) is 7.37. The highest BCUT2D eigenvalue weighted by molar-refractivity contribution is 5.75. The van der Waals surface area contributed by atoms with Gasteiger partial charge in [-0.15, -0.1) is 0 Å². The van der Waals surface area contributed by atoms with Gasteiger partial charge in [-0.3, -0.25) is 4.79 Å². The second-order valence-corrected chi connectivity index (χ2v) is 5.30. The molecule has 1 amide bonds. The number of amides is 1. The molecule has 0 bridgehead atoms. The van der Waals surface area contributed by atoms with Crippen LogP contribution in [0.25, 0.3) is 0 Å². The van der Waals surface area contributed by atoms with Gasteiger partial charge in [-0.05, 0) is 36.8 Å². The maximum atomic E-state index is 12.2. The first-order chi connectivity index (χ1) is 10.7. The molecule has 22 heavy (non-hydrogen) atoms. The summed E-state index contributed by atoms with van der Waals surface area (Å²) in [6.45, 7) is 5.00. The van der Waals surface area contributed by atoms with Crippen molar-refractivity contribution in [3.8, 4) is 11.5 Å². The van der Waals surface area contributed by atoms with Crippen molar-refractivity contribution in [2.45, 2.75) is 33.4 Å². The molecule has 5 heteroatoms. The smallest absolute Gasteiger partial charge is 0.231 e. The van der Waals surface area contributed by atoms with Gasteiger partial charge in [-0.1, -0.05) is 13.0 Å². The minimum atomic E-state index is 0.0896. The Morgan fingerprint density at radius 2 is 1.95 bits per heavy atom. The van der Waals surface area contributed by atoms with Gasteiger partial charge in [-0.25, -0.2) is 0 Å². The largest absolute Gasteiger partial charge is 0.464 e. The summed E-state index contributed by atoms with van der Waals surface area (Å²) in [5.74, 6) is 3.21. The van der Waals surface area contributed by atoms with Gasteiger partial charge in [-0.2, -0.15) is 0 Å². The van der Waals surface area contributed by atoms with Gasteiger partial charge in [0.05, 0.1) is 6.54 Å². The Bertz CT molecular complexity index is 677. The van der Waals surface area contributed by atoms with Crippen LogP contribution in [0.4, 0.5) is 0 Å². The van der Waals surface area contributed by atoms with E-state index in [1.54, 1.807) is 4.90 Å². The third kappa shape index (κ3) is 3.08. The molecule has 0 saturated carbocycles. The Balaban J connectivity index is 1.76. The van der Waals surface area contributed by atoms with Crippen LogP contribution in [0.1, 0.15) is 30.4 Å². The van der Waals surface area contributed by atoms with E-state index in [1.807, 2.05) is 44.2 Å². The maximum absolute atomic E-state index is 12.2. The SMILES string of the molecule is CCC(=O)N(Cc1ccc2c(c1)OCO2)Cc1ccc(C)o1. The average molecular weight is 301 g/mol. The number of benzene rings is 1. The molecule has 0 saturated heterocycles. The van der Waals surface area contributed by atoms with Crippen molar-refractivity contribution in [3.05, 3.63) is 47.4 Å². The van der Waals surface area contributed by atoms with Crippen LogP contribution in [0, 0.1) is 6.92 Å². The summed E-state index contributed by atoms with van der Waals surface area (Å²) in [6.07, 6.45) is 0.463. The van der Waals surface area contributed by atoms with E-state index in [9.17, 15) is 4.79 Å². The molecule has 0 N–H and O–H groups in total. The molecule has 0 unspecified atom stereocenters. The Morgan fingerprint density at radius 3 is 2.68 bits per heavy atom. The van der Waals surface area contributed by atoms with E-state index < -0.39 is 0 Å². The molecular formula is C17H19NO4. The molecular weight excluding hydrogens is 282 g/mol. The molecule has 0 radical (unpaired) electrons. The zero-order valence-corrected chi connectivity index (χ0v) is 12.8. The fourth-order valence-corrected chi connectivity index (χ4v) is 2.47. The number of carbonyl (C=O) groups excluding carboxylic acids is 1. The summed E-state index contributed by atoms with van der Waals surface area (Å²) in [4.78, 5) is 14.0. The average Bonchev–Trinajstić information content (AvgIpc) is 3.14. The van der Waals surface area contributed by atoms with Gasteiger partial charge >= 0.3 is 0 Å². The molecule has 1 aromatic carbocycles. The third-order valence-electron chi connectivity index (χ3n) is 3.61. The molecule has 0 spiro atoms. The zero-order chi connectivity index (χ0) is 15.5. The molecule has 116 valence electrons. The predicted octanol–water partition coefficient (Wildman–Crippen LogP) is 3.26. The van der Waals surface area contributed by atoms with Crippen molar-refractivity contribution >= 4 is 5.91 Å². The third-order valence-corrected chi connectivity index (χ3v) is 3.61. The summed E-state index contributed by atoms with van der Waals surface area (Å²) in [7, 11) is 0. The number of fused-ring (bicyclic) bond motifs is 1. The second kappa shape index (κ2) is 6.13. The molecule has 1 aliphatic heterocycles. The summed E-state index contributed by atoms with van der Waals surface area (Å²) in [5, 5.41) is 0. The van der Waals surface area contributed by atoms with Gasteiger partial charge in [0, 0.05) is 13.0 Å². The first-order valence-electron chi connectivity index (χ1n) is 7.37. The fourth-order valence-electron chi connectivity index (χ4n) is 2.47. The summed E-state index contributed by atoms with van der Waals surface area (Å²) >= 11 is 0. The van der Waals surface area contributed by atoms with E-state index in [1.165, 1.54) is 0 Å². The van der Waals surface area contributed by atoms with Crippen LogP contribution in [0.15, 0.2) is 34.7 Å². The number of aryl methyl sites for hydroxylation is 1. The molecule has 2 aromatic rings. The first kappa shape index (κ1) is 14.5. The second-order valence-electron chi connectivity index (χ2n) is 5.30. The van der Waals surface area contributed by atoms with Crippen LogP contribution >= 0.6 is 0 Å². The van der Waals surface area contributed by atoms with Crippen molar-refractivity contribution in [3.63, 3.8) is 0 Å². The lowest BCUT2D eigenvalue weighted by Gasteiger charge is -2.21. The lowest BCUT2D eigenvalue weighted by atomic mass is 10.1. The van der Waals surface area contributed by atoms with Gasteiger partial charge in [0.2, 0.25) is 12.7 Å². The lowest BCUT2D eigenvalue weighted by molar-refractivity contribution is -0.132. The van der Waals surface area contributed by atoms with Crippen LogP contribution < -0.4 is 9.47 Å². The number of rotatable bonds is 5. The zero-order valence-electron chi connectivity index (χ0n) is 12.8. The molecule has 0 fully saturated rings. The van der Waals surface area contributed by atoms with Crippen LogP contribution in [0.5, 0.6) is 11.5 Å². The van der Waals surface area contributed by atoms with Crippen LogP contribution in [0.3, 0.4) is 0 Å². The summed E-state index contributed by atoms with van der Waals surface area (Å²) in [5.41, 5.74) is 1.01. The number of nitrogens with zero attached hydrogens (tertiary/aromatic N) is 1. The highest BCUT2D eigenvalue weighted by atomic mass is 16.7. The number of furan rings is 1. The standard InChI is InChI=1S/C17H19NO4/c1-3-17(19)18(10-14-6-4-12(2)22-14)9-13-5-7-15-16(8-13)21-11-20-15/h4-8H,3,9-11H2,1-2H3. The molecule has 1 aromatic heterocycles. The van der Waals surface area contributed by atoms with Crippen molar-refractivity contribution in [1.29, 1.82) is 0 Å². The van der Waals surface area contributed by atoms with Gasteiger partial charge in [0.25, 0.3) is 0 Å². The number of hydrogen-bond donors (Lipinski definition) is 0.